The monoisotopic (exact) mass is 427 g/mol. The van der Waals surface area contributed by atoms with Gasteiger partial charge in [0.05, 0.1) is 6.61 Å². The normalized spacial score (nSPS) is 10.4. The van der Waals surface area contributed by atoms with E-state index in [0.29, 0.717) is 35.9 Å². The van der Waals surface area contributed by atoms with Crippen molar-refractivity contribution in [2.75, 3.05) is 18.5 Å². The Morgan fingerprint density at radius 2 is 1.77 bits per heavy atom. The molecule has 160 valence electrons. The van der Waals surface area contributed by atoms with Crippen LogP contribution in [0.15, 0.2) is 48.5 Å². The Bertz CT molecular complexity index is 866. The molecule has 30 heavy (non-hydrogen) atoms. The van der Waals surface area contributed by atoms with Crippen molar-refractivity contribution in [1.82, 2.24) is 10.6 Å². The minimum atomic E-state index is -0.323. The molecular weight excluding hydrogens is 398 g/mol. The number of nitrogens with one attached hydrogen (secondary N) is 3. The van der Waals surface area contributed by atoms with Crippen LogP contribution in [0, 0.1) is 5.92 Å². The molecular formula is C23H29N3O3S. The van der Waals surface area contributed by atoms with Gasteiger partial charge in [-0.25, -0.2) is 0 Å². The predicted octanol–water partition coefficient (Wildman–Crippen LogP) is 4.38. The summed E-state index contributed by atoms with van der Waals surface area (Å²) < 4.78 is 5.62. The van der Waals surface area contributed by atoms with Crippen molar-refractivity contribution in [3.05, 3.63) is 59.7 Å². The number of carbonyl (C=O) groups is 2. The molecule has 2 aromatic carbocycles. The van der Waals surface area contributed by atoms with E-state index in [0.717, 1.165) is 18.6 Å². The Balaban J connectivity index is 1.90. The summed E-state index contributed by atoms with van der Waals surface area (Å²) in [5, 5.41) is 8.62. The summed E-state index contributed by atoms with van der Waals surface area (Å²) in [6, 6.07) is 13.9. The van der Waals surface area contributed by atoms with Gasteiger partial charge in [-0.1, -0.05) is 33.3 Å². The van der Waals surface area contributed by atoms with E-state index in [2.05, 4.69) is 36.7 Å². The van der Waals surface area contributed by atoms with Crippen LogP contribution in [-0.2, 0) is 0 Å². The SMILES string of the molecule is CCCCNC(=O)c1cccc(NC(=S)NC(=O)c2ccc(OCC(C)C)cc2)c1. The lowest BCUT2D eigenvalue weighted by Gasteiger charge is -2.12. The van der Waals surface area contributed by atoms with Gasteiger partial charge >= 0.3 is 0 Å². The average Bonchev–Trinajstić information content (AvgIpc) is 2.72. The van der Waals surface area contributed by atoms with E-state index in [9.17, 15) is 9.59 Å². The van der Waals surface area contributed by atoms with Gasteiger partial charge in [0, 0.05) is 23.4 Å². The molecule has 6 nitrogen and oxygen atoms in total. The quantitative estimate of drug-likeness (QED) is 0.409. The number of hydrogen-bond acceptors (Lipinski definition) is 4. The summed E-state index contributed by atoms with van der Waals surface area (Å²) >= 11 is 5.23. The maximum absolute atomic E-state index is 12.4. The van der Waals surface area contributed by atoms with Crippen molar-refractivity contribution in [2.45, 2.75) is 33.6 Å². The van der Waals surface area contributed by atoms with Gasteiger partial charge in [0.25, 0.3) is 11.8 Å². The van der Waals surface area contributed by atoms with Crippen LogP contribution < -0.4 is 20.7 Å². The molecule has 2 rings (SSSR count). The fourth-order valence-electron chi connectivity index (χ4n) is 2.52. The zero-order valence-electron chi connectivity index (χ0n) is 17.7. The first-order chi connectivity index (χ1) is 14.4. The van der Waals surface area contributed by atoms with E-state index in [4.69, 9.17) is 17.0 Å². The molecule has 2 aromatic rings. The molecule has 0 fully saturated rings. The van der Waals surface area contributed by atoms with Crippen LogP contribution in [0.3, 0.4) is 0 Å². The molecule has 0 atom stereocenters. The first kappa shape index (κ1) is 23.3. The molecule has 0 aliphatic rings. The van der Waals surface area contributed by atoms with Gasteiger partial charge in [0.1, 0.15) is 5.75 Å². The number of benzene rings is 2. The van der Waals surface area contributed by atoms with Crippen LogP contribution in [0.25, 0.3) is 0 Å². The molecule has 0 aromatic heterocycles. The van der Waals surface area contributed by atoms with Crippen molar-refractivity contribution in [3.8, 4) is 5.75 Å². The lowest BCUT2D eigenvalue weighted by atomic mass is 10.2. The van der Waals surface area contributed by atoms with E-state index in [1.54, 1.807) is 48.5 Å². The van der Waals surface area contributed by atoms with Crippen molar-refractivity contribution < 1.29 is 14.3 Å². The topological polar surface area (TPSA) is 79.5 Å². The fourth-order valence-corrected chi connectivity index (χ4v) is 2.73. The van der Waals surface area contributed by atoms with Gasteiger partial charge in [-0.2, -0.15) is 0 Å². The first-order valence-corrected chi connectivity index (χ1v) is 10.5. The number of rotatable bonds is 9. The maximum atomic E-state index is 12.4. The van der Waals surface area contributed by atoms with Crippen LogP contribution in [0.5, 0.6) is 5.75 Å². The minimum Gasteiger partial charge on any atom is -0.493 e. The smallest absolute Gasteiger partial charge is 0.257 e. The fraction of sp³-hybridized carbons (Fsp3) is 0.348. The van der Waals surface area contributed by atoms with Crippen LogP contribution in [-0.4, -0.2) is 30.1 Å². The molecule has 0 saturated carbocycles. The van der Waals surface area contributed by atoms with Crippen LogP contribution in [0.4, 0.5) is 5.69 Å². The van der Waals surface area contributed by atoms with Crippen LogP contribution in [0.2, 0.25) is 0 Å². The third-order valence-electron chi connectivity index (χ3n) is 4.13. The number of carbonyl (C=O) groups excluding carboxylic acids is 2. The summed E-state index contributed by atoms with van der Waals surface area (Å²) in [6.07, 6.45) is 1.95. The molecule has 0 unspecified atom stereocenters. The Hall–Kier alpha value is -2.93. The Labute approximate surface area is 183 Å². The summed E-state index contributed by atoms with van der Waals surface area (Å²) in [5.74, 6) is 0.686. The number of thiocarbonyl (C=S) groups is 1. The number of amides is 2. The molecule has 0 aliphatic heterocycles. The van der Waals surface area contributed by atoms with E-state index < -0.39 is 0 Å². The van der Waals surface area contributed by atoms with E-state index in [1.807, 2.05) is 0 Å². The average molecular weight is 428 g/mol. The second-order valence-electron chi connectivity index (χ2n) is 7.33. The van der Waals surface area contributed by atoms with Crippen LogP contribution >= 0.6 is 12.2 Å². The lowest BCUT2D eigenvalue weighted by molar-refractivity contribution is 0.0950. The molecule has 0 aliphatic carbocycles. The van der Waals surface area contributed by atoms with Crippen molar-refractivity contribution in [2.24, 2.45) is 5.92 Å². The maximum Gasteiger partial charge on any atom is 0.257 e. The second kappa shape index (κ2) is 11.9. The number of hydrogen-bond donors (Lipinski definition) is 3. The van der Waals surface area contributed by atoms with Crippen molar-refractivity contribution in [1.29, 1.82) is 0 Å². The summed E-state index contributed by atoms with van der Waals surface area (Å²) in [7, 11) is 0. The lowest BCUT2D eigenvalue weighted by Crippen LogP contribution is -2.34. The molecule has 3 N–H and O–H groups in total. The van der Waals surface area contributed by atoms with Gasteiger partial charge < -0.3 is 15.4 Å². The molecule has 0 heterocycles. The summed E-state index contributed by atoms with van der Waals surface area (Å²) in [4.78, 5) is 24.6. The Morgan fingerprint density at radius 3 is 2.43 bits per heavy atom. The molecule has 0 radical (unpaired) electrons. The van der Waals surface area contributed by atoms with Gasteiger partial charge in [0.15, 0.2) is 5.11 Å². The highest BCUT2D eigenvalue weighted by Gasteiger charge is 2.10. The van der Waals surface area contributed by atoms with Gasteiger partial charge in [-0.15, -0.1) is 0 Å². The highest BCUT2D eigenvalue weighted by atomic mass is 32.1. The first-order valence-electron chi connectivity index (χ1n) is 10.1. The zero-order valence-corrected chi connectivity index (χ0v) is 18.5. The van der Waals surface area contributed by atoms with Crippen LogP contribution in [0.1, 0.15) is 54.3 Å². The molecule has 0 spiro atoms. The van der Waals surface area contributed by atoms with E-state index >= 15 is 0 Å². The predicted molar refractivity (Wildman–Crippen MR) is 124 cm³/mol. The second-order valence-corrected chi connectivity index (χ2v) is 7.74. The molecule has 2 amide bonds. The highest BCUT2D eigenvalue weighted by Crippen LogP contribution is 2.14. The largest absolute Gasteiger partial charge is 0.493 e. The standard InChI is InChI=1S/C23H29N3O3S/c1-4-5-13-24-21(27)18-7-6-8-19(14-18)25-23(30)26-22(28)17-9-11-20(12-10-17)29-15-16(2)3/h6-12,14,16H,4-5,13,15H2,1-3H3,(H,24,27)(H2,25,26,28,30). The molecule has 0 bridgehead atoms. The minimum absolute atomic E-state index is 0.137. The van der Waals surface area contributed by atoms with Crippen molar-refractivity contribution >= 4 is 34.8 Å². The Morgan fingerprint density at radius 1 is 1.03 bits per heavy atom. The van der Waals surface area contributed by atoms with Gasteiger partial charge in [0.2, 0.25) is 0 Å². The van der Waals surface area contributed by atoms with Gasteiger partial charge in [-0.3, -0.25) is 14.9 Å². The highest BCUT2D eigenvalue weighted by molar-refractivity contribution is 7.80. The molecule has 0 saturated heterocycles. The summed E-state index contributed by atoms with van der Waals surface area (Å²) in [5.41, 5.74) is 1.63. The van der Waals surface area contributed by atoms with Gasteiger partial charge in [-0.05, 0) is 67.0 Å². The van der Waals surface area contributed by atoms with E-state index in [-0.39, 0.29) is 16.9 Å². The van der Waals surface area contributed by atoms with Crippen molar-refractivity contribution in [3.63, 3.8) is 0 Å². The zero-order chi connectivity index (χ0) is 21.9. The third kappa shape index (κ3) is 7.83. The number of unbranched alkanes of at least 4 members (excludes halogenated alkanes) is 1. The molecule has 7 heteroatoms. The number of anilines is 1. The van der Waals surface area contributed by atoms with E-state index in [1.165, 1.54) is 0 Å². The summed E-state index contributed by atoms with van der Waals surface area (Å²) in [6.45, 7) is 7.48. The number of ether oxygens (including phenoxy) is 1. The Kier molecular flexibility index (Phi) is 9.28. The third-order valence-corrected chi connectivity index (χ3v) is 4.33.